The van der Waals surface area contributed by atoms with Crippen LogP contribution in [0.5, 0.6) is 0 Å². The number of nitrogens with zero attached hydrogens (tertiary/aromatic N) is 3. The van der Waals surface area contributed by atoms with Crippen LogP contribution in [-0.2, 0) is 14.4 Å². The normalized spacial score (nSPS) is 19.6. The first-order chi connectivity index (χ1) is 12.7. The van der Waals surface area contributed by atoms with E-state index in [0.717, 1.165) is 51.9 Å². The third kappa shape index (κ3) is 7.13. The third-order valence-corrected chi connectivity index (χ3v) is 5.28. The maximum atomic E-state index is 12.6. The number of rotatable bonds is 5. The summed E-state index contributed by atoms with van der Waals surface area (Å²) in [6.07, 6.45) is 5.10. The molecule has 0 aromatic carbocycles. The van der Waals surface area contributed by atoms with Crippen LogP contribution in [0.15, 0.2) is 0 Å². The molecule has 2 heterocycles. The van der Waals surface area contributed by atoms with E-state index in [9.17, 15) is 14.4 Å². The van der Waals surface area contributed by atoms with Gasteiger partial charge in [0.25, 0.3) is 0 Å². The number of amides is 3. The quantitative estimate of drug-likeness (QED) is 0.775. The Hall–Kier alpha value is -1.63. The lowest BCUT2D eigenvalue weighted by Gasteiger charge is -2.35. The zero-order chi connectivity index (χ0) is 20.0. The molecule has 0 saturated carbocycles. The lowest BCUT2D eigenvalue weighted by Crippen LogP contribution is -2.49. The SMILES string of the molecule is CN(CC(=O)NC(C)(C)C)C(=O)CN1CCC(C(=O)N2CCCCC2)CC1. The molecule has 0 bridgehead atoms. The minimum Gasteiger partial charge on any atom is -0.350 e. The van der Waals surface area contributed by atoms with Crippen molar-refractivity contribution in [2.75, 3.05) is 46.3 Å². The molecule has 0 spiro atoms. The molecule has 0 radical (unpaired) electrons. The van der Waals surface area contributed by atoms with Crippen molar-refractivity contribution < 1.29 is 14.4 Å². The Morgan fingerprint density at radius 3 is 2.15 bits per heavy atom. The van der Waals surface area contributed by atoms with Gasteiger partial charge in [0.1, 0.15) is 0 Å². The number of nitrogens with one attached hydrogen (secondary N) is 1. The Balaban J connectivity index is 1.72. The Labute approximate surface area is 163 Å². The van der Waals surface area contributed by atoms with Crippen LogP contribution in [0.1, 0.15) is 52.9 Å². The van der Waals surface area contributed by atoms with Crippen molar-refractivity contribution in [1.29, 1.82) is 0 Å². The summed E-state index contributed by atoms with van der Waals surface area (Å²) >= 11 is 0. The lowest BCUT2D eigenvalue weighted by molar-refractivity contribution is -0.139. The minimum absolute atomic E-state index is 0.0557. The molecule has 2 aliphatic heterocycles. The molecular formula is C20H36N4O3. The zero-order valence-corrected chi connectivity index (χ0v) is 17.4. The Morgan fingerprint density at radius 1 is 1.00 bits per heavy atom. The van der Waals surface area contributed by atoms with Gasteiger partial charge in [0.05, 0.1) is 13.1 Å². The summed E-state index contributed by atoms with van der Waals surface area (Å²) in [5.41, 5.74) is -0.302. The second-order valence-corrected chi connectivity index (χ2v) is 8.98. The predicted molar refractivity (Wildman–Crippen MR) is 105 cm³/mol. The van der Waals surface area contributed by atoms with Gasteiger partial charge in [-0.1, -0.05) is 0 Å². The van der Waals surface area contributed by atoms with Crippen molar-refractivity contribution in [3.63, 3.8) is 0 Å². The summed E-state index contributed by atoms with van der Waals surface area (Å²) in [7, 11) is 1.66. The summed E-state index contributed by atoms with van der Waals surface area (Å²) in [4.78, 5) is 42.6. The number of carbonyl (C=O) groups is 3. The minimum atomic E-state index is -0.302. The van der Waals surface area contributed by atoms with E-state index in [1.54, 1.807) is 7.05 Å². The molecule has 7 heteroatoms. The molecule has 1 N–H and O–H groups in total. The molecule has 0 aromatic heterocycles. The van der Waals surface area contributed by atoms with E-state index in [1.807, 2.05) is 25.7 Å². The number of piperidine rings is 2. The molecule has 3 amide bonds. The van der Waals surface area contributed by atoms with Crippen molar-refractivity contribution in [3.8, 4) is 0 Å². The second-order valence-electron chi connectivity index (χ2n) is 8.98. The first kappa shape index (κ1) is 21.7. The van der Waals surface area contributed by atoms with E-state index >= 15 is 0 Å². The van der Waals surface area contributed by atoms with Gasteiger partial charge in [0, 0.05) is 31.6 Å². The number of likely N-dealkylation sites (tertiary alicyclic amines) is 2. The van der Waals surface area contributed by atoms with Crippen molar-refractivity contribution in [3.05, 3.63) is 0 Å². The molecule has 2 rings (SSSR count). The van der Waals surface area contributed by atoms with Crippen LogP contribution >= 0.6 is 0 Å². The van der Waals surface area contributed by atoms with E-state index in [1.165, 1.54) is 11.3 Å². The average molecular weight is 381 g/mol. The fourth-order valence-corrected chi connectivity index (χ4v) is 3.78. The van der Waals surface area contributed by atoms with Gasteiger partial charge < -0.3 is 15.1 Å². The fraction of sp³-hybridized carbons (Fsp3) is 0.850. The highest BCUT2D eigenvalue weighted by molar-refractivity contribution is 5.85. The summed E-state index contributed by atoms with van der Waals surface area (Å²) in [6.45, 7) is 9.46. The van der Waals surface area contributed by atoms with Crippen LogP contribution in [0.25, 0.3) is 0 Å². The summed E-state index contributed by atoms with van der Waals surface area (Å²) < 4.78 is 0. The topological polar surface area (TPSA) is 73.0 Å². The molecule has 7 nitrogen and oxygen atoms in total. The van der Waals surface area contributed by atoms with Crippen molar-refractivity contribution in [1.82, 2.24) is 20.0 Å². The summed E-state index contributed by atoms with van der Waals surface area (Å²) in [5, 5.41) is 2.87. The predicted octanol–water partition coefficient (Wildman–Crippen LogP) is 1.08. The molecule has 0 unspecified atom stereocenters. The fourth-order valence-electron chi connectivity index (χ4n) is 3.78. The molecule has 2 fully saturated rings. The van der Waals surface area contributed by atoms with Gasteiger partial charge in [-0.15, -0.1) is 0 Å². The number of carbonyl (C=O) groups excluding carboxylic acids is 3. The number of hydrogen-bond acceptors (Lipinski definition) is 4. The third-order valence-electron chi connectivity index (χ3n) is 5.28. The maximum Gasteiger partial charge on any atom is 0.240 e. The van der Waals surface area contributed by atoms with Crippen LogP contribution in [0.2, 0.25) is 0 Å². The zero-order valence-electron chi connectivity index (χ0n) is 17.4. The van der Waals surface area contributed by atoms with Crippen LogP contribution in [0.4, 0.5) is 0 Å². The van der Waals surface area contributed by atoms with Gasteiger partial charge in [0.2, 0.25) is 17.7 Å². The molecule has 0 atom stereocenters. The molecule has 27 heavy (non-hydrogen) atoms. The average Bonchev–Trinajstić information content (AvgIpc) is 2.60. The highest BCUT2D eigenvalue weighted by Crippen LogP contribution is 2.21. The van der Waals surface area contributed by atoms with Gasteiger partial charge in [-0.2, -0.15) is 0 Å². The van der Waals surface area contributed by atoms with E-state index in [4.69, 9.17) is 0 Å². The summed E-state index contributed by atoms with van der Waals surface area (Å²) in [6, 6.07) is 0. The highest BCUT2D eigenvalue weighted by atomic mass is 16.2. The molecule has 0 aliphatic carbocycles. The van der Waals surface area contributed by atoms with Gasteiger partial charge in [-0.05, 0) is 66.0 Å². The first-order valence-corrected chi connectivity index (χ1v) is 10.2. The Kier molecular flexibility index (Phi) is 7.65. The van der Waals surface area contributed by atoms with Crippen molar-refractivity contribution in [2.45, 2.75) is 58.4 Å². The summed E-state index contributed by atoms with van der Waals surface area (Å²) in [5.74, 6) is 0.199. The van der Waals surface area contributed by atoms with E-state index in [-0.39, 0.29) is 29.8 Å². The van der Waals surface area contributed by atoms with Gasteiger partial charge in [-0.25, -0.2) is 0 Å². The van der Waals surface area contributed by atoms with Crippen LogP contribution in [0.3, 0.4) is 0 Å². The van der Waals surface area contributed by atoms with E-state index < -0.39 is 0 Å². The van der Waals surface area contributed by atoms with Crippen LogP contribution in [-0.4, -0.2) is 84.3 Å². The Morgan fingerprint density at radius 2 is 1.59 bits per heavy atom. The maximum absolute atomic E-state index is 12.6. The Bertz CT molecular complexity index is 530. The van der Waals surface area contributed by atoms with Crippen molar-refractivity contribution >= 4 is 17.7 Å². The molecular weight excluding hydrogens is 344 g/mol. The second kappa shape index (κ2) is 9.53. The molecule has 2 aliphatic rings. The van der Waals surface area contributed by atoms with Crippen molar-refractivity contribution in [2.24, 2.45) is 5.92 Å². The van der Waals surface area contributed by atoms with E-state index in [0.29, 0.717) is 12.5 Å². The van der Waals surface area contributed by atoms with Gasteiger partial charge in [0.15, 0.2) is 0 Å². The molecule has 154 valence electrons. The van der Waals surface area contributed by atoms with E-state index in [2.05, 4.69) is 10.2 Å². The van der Waals surface area contributed by atoms with Crippen LogP contribution < -0.4 is 5.32 Å². The monoisotopic (exact) mass is 380 g/mol. The molecule has 0 aromatic rings. The van der Waals surface area contributed by atoms with Gasteiger partial charge in [-0.3, -0.25) is 19.3 Å². The smallest absolute Gasteiger partial charge is 0.240 e. The number of likely N-dealkylation sites (N-methyl/N-ethyl adjacent to an activating group) is 1. The highest BCUT2D eigenvalue weighted by Gasteiger charge is 2.30. The van der Waals surface area contributed by atoms with Gasteiger partial charge >= 0.3 is 0 Å². The number of hydrogen-bond donors (Lipinski definition) is 1. The lowest BCUT2D eigenvalue weighted by atomic mass is 9.94. The first-order valence-electron chi connectivity index (χ1n) is 10.2. The van der Waals surface area contributed by atoms with Crippen LogP contribution in [0, 0.1) is 5.92 Å². The molecule has 2 saturated heterocycles. The standard InChI is InChI=1S/C20H36N4O3/c1-20(2,3)21-17(25)14-22(4)18(26)15-23-12-8-16(9-13-23)19(27)24-10-6-5-7-11-24/h16H,5-15H2,1-4H3,(H,21,25). The largest absolute Gasteiger partial charge is 0.350 e.